The molecule has 6 heteroatoms. The molecule has 0 aliphatic carbocycles. The Balaban J connectivity index is 2.26. The molecule has 1 heterocycles. The fourth-order valence-electron chi connectivity index (χ4n) is 1.94. The van der Waals surface area contributed by atoms with Gasteiger partial charge in [-0.05, 0) is 24.1 Å². The monoisotopic (exact) mass is 330 g/mol. The second-order valence-corrected chi connectivity index (χ2v) is 5.65. The highest BCUT2D eigenvalue weighted by Crippen LogP contribution is 2.24. The lowest BCUT2D eigenvalue weighted by Gasteiger charge is -2.07. The van der Waals surface area contributed by atoms with Gasteiger partial charge in [-0.15, -0.1) is 0 Å². The summed E-state index contributed by atoms with van der Waals surface area (Å²) in [7, 11) is 0. The van der Waals surface area contributed by atoms with Gasteiger partial charge in [0.25, 0.3) is 0 Å². The van der Waals surface area contributed by atoms with Crippen LogP contribution in [0.5, 0.6) is 0 Å². The quantitative estimate of drug-likeness (QED) is 0.746. The predicted molar refractivity (Wildman–Crippen MR) is 82.0 cm³/mol. The molecule has 0 N–H and O–H groups in total. The van der Waals surface area contributed by atoms with Gasteiger partial charge in [0.2, 0.25) is 0 Å². The fraction of sp³-hybridized carbons (Fsp3) is 0.286. The van der Waals surface area contributed by atoms with Crippen LogP contribution in [0.3, 0.4) is 0 Å². The van der Waals surface area contributed by atoms with E-state index in [9.17, 15) is 4.79 Å². The predicted octanol–water partition coefficient (Wildman–Crippen LogP) is 4.68. The molecule has 20 heavy (non-hydrogen) atoms. The minimum absolute atomic E-state index is 0.106. The molecule has 1 aromatic carbocycles. The van der Waals surface area contributed by atoms with Crippen LogP contribution < -0.4 is 0 Å². The number of halogens is 3. The van der Waals surface area contributed by atoms with Gasteiger partial charge in [0.15, 0.2) is 5.78 Å². The second-order valence-electron chi connectivity index (χ2n) is 4.40. The van der Waals surface area contributed by atoms with Crippen molar-refractivity contribution in [3.63, 3.8) is 0 Å². The van der Waals surface area contributed by atoms with E-state index in [2.05, 4.69) is 5.10 Å². The third kappa shape index (κ3) is 3.35. The van der Waals surface area contributed by atoms with E-state index in [0.29, 0.717) is 27.3 Å². The second kappa shape index (κ2) is 6.61. The standard InChI is InChI=1S/C14H13Cl3N2O/c1-2-5-19-14(12(17)8-18-19)13(20)6-9-3-4-10(15)7-11(9)16/h3-4,7-8H,2,5-6H2,1H3. The van der Waals surface area contributed by atoms with Crippen LogP contribution >= 0.6 is 34.8 Å². The summed E-state index contributed by atoms with van der Waals surface area (Å²) in [5, 5.41) is 5.50. The molecule has 2 rings (SSSR count). The molecule has 1 aromatic heterocycles. The van der Waals surface area contributed by atoms with E-state index < -0.39 is 0 Å². The average molecular weight is 332 g/mol. The van der Waals surface area contributed by atoms with Crippen molar-refractivity contribution in [1.82, 2.24) is 9.78 Å². The number of aromatic nitrogens is 2. The molecular formula is C14H13Cl3N2O. The molecule has 0 aliphatic rings. The zero-order valence-electron chi connectivity index (χ0n) is 10.9. The maximum atomic E-state index is 12.4. The minimum Gasteiger partial charge on any atom is -0.292 e. The number of aryl methyl sites for hydroxylation is 1. The number of carbonyl (C=O) groups excluding carboxylic acids is 1. The van der Waals surface area contributed by atoms with E-state index in [1.54, 1.807) is 22.9 Å². The normalized spacial score (nSPS) is 10.8. The highest BCUT2D eigenvalue weighted by molar-refractivity contribution is 6.35. The molecule has 106 valence electrons. The number of hydrogen-bond acceptors (Lipinski definition) is 2. The first-order chi connectivity index (χ1) is 9.52. The lowest BCUT2D eigenvalue weighted by Crippen LogP contribution is -2.13. The Morgan fingerprint density at radius 1 is 1.25 bits per heavy atom. The summed E-state index contributed by atoms with van der Waals surface area (Å²) in [4.78, 5) is 12.4. The molecule has 2 aromatic rings. The molecule has 0 saturated carbocycles. The van der Waals surface area contributed by atoms with Crippen LogP contribution in [0.15, 0.2) is 24.4 Å². The fourth-order valence-corrected chi connectivity index (χ4v) is 2.66. The Labute approximate surface area is 132 Å². The number of nitrogens with zero attached hydrogens (tertiary/aromatic N) is 2. The van der Waals surface area contributed by atoms with Gasteiger partial charge in [-0.2, -0.15) is 5.10 Å². The highest BCUT2D eigenvalue weighted by Gasteiger charge is 2.18. The van der Waals surface area contributed by atoms with Crippen molar-refractivity contribution >= 4 is 40.6 Å². The highest BCUT2D eigenvalue weighted by atomic mass is 35.5. The van der Waals surface area contributed by atoms with E-state index in [-0.39, 0.29) is 12.2 Å². The van der Waals surface area contributed by atoms with Gasteiger partial charge in [-0.1, -0.05) is 47.8 Å². The molecule has 0 saturated heterocycles. The molecule has 3 nitrogen and oxygen atoms in total. The molecular weight excluding hydrogens is 319 g/mol. The summed E-state index contributed by atoms with van der Waals surface area (Å²) < 4.78 is 1.63. The summed E-state index contributed by atoms with van der Waals surface area (Å²) in [6.45, 7) is 2.67. The van der Waals surface area contributed by atoms with Gasteiger partial charge in [0.1, 0.15) is 5.69 Å². The van der Waals surface area contributed by atoms with Crippen LogP contribution in [-0.4, -0.2) is 15.6 Å². The number of hydrogen-bond donors (Lipinski definition) is 0. The molecule has 0 fully saturated rings. The summed E-state index contributed by atoms with van der Waals surface area (Å²) in [6.07, 6.45) is 2.54. The third-order valence-electron chi connectivity index (χ3n) is 2.86. The first-order valence-corrected chi connectivity index (χ1v) is 7.34. The van der Waals surface area contributed by atoms with Gasteiger partial charge in [-0.3, -0.25) is 9.48 Å². The first-order valence-electron chi connectivity index (χ1n) is 6.21. The van der Waals surface area contributed by atoms with Gasteiger partial charge in [-0.25, -0.2) is 0 Å². The summed E-state index contributed by atoms with van der Waals surface area (Å²) in [5.41, 5.74) is 1.15. The van der Waals surface area contributed by atoms with Crippen molar-refractivity contribution in [2.75, 3.05) is 0 Å². The van der Waals surface area contributed by atoms with E-state index in [1.165, 1.54) is 6.20 Å². The molecule has 0 aliphatic heterocycles. The van der Waals surface area contributed by atoms with Crippen molar-refractivity contribution < 1.29 is 4.79 Å². The smallest absolute Gasteiger partial charge is 0.186 e. The van der Waals surface area contributed by atoms with E-state index in [0.717, 1.165) is 12.0 Å². The molecule has 0 spiro atoms. The van der Waals surface area contributed by atoms with Crippen molar-refractivity contribution in [2.24, 2.45) is 0 Å². The van der Waals surface area contributed by atoms with E-state index >= 15 is 0 Å². The van der Waals surface area contributed by atoms with Gasteiger partial charge >= 0.3 is 0 Å². The average Bonchev–Trinajstić information content (AvgIpc) is 2.74. The SMILES string of the molecule is CCCn1ncc(Cl)c1C(=O)Cc1ccc(Cl)cc1Cl. The van der Waals surface area contributed by atoms with Crippen molar-refractivity contribution in [3.8, 4) is 0 Å². The molecule has 0 atom stereocenters. The van der Waals surface area contributed by atoms with Crippen molar-refractivity contribution in [2.45, 2.75) is 26.3 Å². The Kier molecular flexibility index (Phi) is 5.08. The lowest BCUT2D eigenvalue weighted by atomic mass is 10.1. The maximum Gasteiger partial charge on any atom is 0.186 e. The lowest BCUT2D eigenvalue weighted by molar-refractivity contribution is 0.0982. The van der Waals surface area contributed by atoms with Crippen LogP contribution in [-0.2, 0) is 13.0 Å². The molecule has 0 amide bonds. The van der Waals surface area contributed by atoms with Gasteiger partial charge in [0, 0.05) is 23.0 Å². The molecule has 0 radical (unpaired) electrons. The summed E-state index contributed by atoms with van der Waals surface area (Å²) in [5.74, 6) is -0.106. The first kappa shape index (κ1) is 15.4. The molecule has 0 bridgehead atoms. The minimum atomic E-state index is -0.106. The Bertz CT molecular complexity index is 637. The Hall–Kier alpha value is -1.03. The third-order valence-corrected chi connectivity index (χ3v) is 3.72. The Morgan fingerprint density at radius 2 is 2.00 bits per heavy atom. The van der Waals surface area contributed by atoms with Crippen LogP contribution in [0.2, 0.25) is 15.1 Å². The van der Waals surface area contributed by atoms with Crippen LogP contribution in [0.25, 0.3) is 0 Å². The zero-order chi connectivity index (χ0) is 14.7. The summed E-state index contributed by atoms with van der Waals surface area (Å²) in [6, 6.07) is 5.08. The van der Waals surface area contributed by atoms with Gasteiger partial charge < -0.3 is 0 Å². The largest absolute Gasteiger partial charge is 0.292 e. The Morgan fingerprint density at radius 3 is 2.65 bits per heavy atom. The number of carbonyl (C=O) groups is 1. The maximum absolute atomic E-state index is 12.4. The van der Waals surface area contributed by atoms with Crippen molar-refractivity contribution in [3.05, 3.63) is 50.7 Å². The zero-order valence-corrected chi connectivity index (χ0v) is 13.1. The van der Waals surface area contributed by atoms with E-state index in [4.69, 9.17) is 34.8 Å². The van der Waals surface area contributed by atoms with E-state index in [1.807, 2.05) is 6.92 Å². The summed E-state index contributed by atoms with van der Waals surface area (Å²) >= 11 is 18.0. The van der Waals surface area contributed by atoms with Crippen molar-refractivity contribution in [1.29, 1.82) is 0 Å². The number of rotatable bonds is 5. The molecule has 0 unspecified atom stereocenters. The van der Waals surface area contributed by atoms with Crippen LogP contribution in [0, 0.1) is 0 Å². The topological polar surface area (TPSA) is 34.9 Å². The van der Waals surface area contributed by atoms with Gasteiger partial charge in [0.05, 0.1) is 11.2 Å². The number of Topliss-reactive ketones (excluding diaryl/α,β-unsaturated/α-hetero) is 1. The van der Waals surface area contributed by atoms with Crippen LogP contribution in [0.1, 0.15) is 29.4 Å². The van der Waals surface area contributed by atoms with Crippen LogP contribution in [0.4, 0.5) is 0 Å². The number of ketones is 1. The number of benzene rings is 1.